The van der Waals surface area contributed by atoms with Crippen molar-refractivity contribution in [3.05, 3.63) is 46.1 Å². The van der Waals surface area contributed by atoms with Gasteiger partial charge in [-0.3, -0.25) is 9.80 Å². The van der Waals surface area contributed by atoms with Gasteiger partial charge in [0.25, 0.3) is 0 Å². The Balaban J connectivity index is 1.93. The number of amides is 4. The Morgan fingerprint density at radius 2 is 1.89 bits per heavy atom. The summed E-state index contributed by atoms with van der Waals surface area (Å²) in [6.45, 7) is 12.3. The van der Waals surface area contributed by atoms with Crippen molar-refractivity contribution in [1.29, 1.82) is 0 Å². The molecule has 0 aliphatic carbocycles. The predicted molar refractivity (Wildman–Crippen MR) is 135 cm³/mol. The van der Waals surface area contributed by atoms with E-state index in [1.54, 1.807) is 36.1 Å². The minimum atomic E-state index is -0.646. The summed E-state index contributed by atoms with van der Waals surface area (Å²) in [6.07, 6.45) is 0. The van der Waals surface area contributed by atoms with Gasteiger partial charge in [0.1, 0.15) is 0 Å². The zero-order chi connectivity index (χ0) is 25.7. The molecule has 9 nitrogen and oxygen atoms in total. The largest absolute Gasteiger partial charge is 0.463 e. The second-order valence-electron chi connectivity index (χ2n) is 9.14. The zero-order valence-electron chi connectivity index (χ0n) is 21.1. The Morgan fingerprint density at radius 3 is 2.46 bits per heavy atom. The second kappa shape index (κ2) is 11.8. The summed E-state index contributed by atoms with van der Waals surface area (Å²) in [5.41, 5.74) is 1.80. The van der Waals surface area contributed by atoms with Crippen molar-refractivity contribution in [2.75, 3.05) is 39.3 Å². The summed E-state index contributed by atoms with van der Waals surface area (Å²) in [5.74, 6) is -0.455. The summed E-state index contributed by atoms with van der Waals surface area (Å²) in [7, 11) is 0. The van der Waals surface area contributed by atoms with E-state index in [0.717, 1.165) is 5.56 Å². The number of benzene rings is 1. The molecule has 2 atom stereocenters. The van der Waals surface area contributed by atoms with Gasteiger partial charge in [-0.2, -0.15) is 0 Å². The molecule has 1 aromatic rings. The van der Waals surface area contributed by atoms with Crippen LogP contribution >= 0.6 is 11.6 Å². The van der Waals surface area contributed by atoms with Gasteiger partial charge in [-0.25, -0.2) is 14.4 Å². The topological polar surface area (TPSA) is 94.2 Å². The molecule has 0 radical (unpaired) electrons. The SMILES string of the molecule is CCOC(=O)C1=C(CN2CCN(C(=O)NC(C)C)[C@@H](C)C2)N(CC)C(=O)N[C@H]1c1ccc(Cl)cc1. The van der Waals surface area contributed by atoms with Crippen LogP contribution in [0.2, 0.25) is 5.02 Å². The number of nitrogens with one attached hydrogen (secondary N) is 2. The van der Waals surface area contributed by atoms with Crippen LogP contribution in [0.1, 0.15) is 46.2 Å². The number of hydrogen-bond donors (Lipinski definition) is 2. The summed E-state index contributed by atoms with van der Waals surface area (Å²) < 4.78 is 5.43. The van der Waals surface area contributed by atoms with Gasteiger partial charge in [0, 0.05) is 55.5 Å². The van der Waals surface area contributed by atoms with Crippen LogP contribution < -0.4 is 10.6 Å². The quantitative estimate of drug-likeness (QED) is 0.554. The number of piperazine rings is 1. The number of likely N-dealkylation sites (N-methyl/N-ethyl adjacent to an activating group) is 1. The van der Waals surface area contributed by atoms with Crippen LogP contribution in [-0.4, -0.2) is 84.1 Å². The molecule has 10 heteroatoms. The van der Waals surface area contributed by atoms with Gasteiger partial charge in [-0.05, 0) is 52.3 Å². The third-order valence-corrected chi connectivity index (χ3v) is 6.46. The zero-order valence-corrected chi connectivity index (χ0v) is 21.9. The van der Waals surface area contributed by atoms with Crippen molar-refractivity contribution in [3.63, 3.8) is 0 Å². The fourth-order valence-corrected chi connectivity index (χ4v) is 4.71. The lowest BCUT2D eigenvalue weighted by atomic mass is 9.94. The molecule has 2 N–H and O–H groups in total. The van der Waals surface area contributed by atoms with E-state index in [2.05, 4.69) is 15.5 Å². The fourth-order valence-electron chi connectivity index (χ4n) is 4.58. The Hall–Kier alpha value is -2.78. The molecular formula is C25H36ClN5O4. The minimum Gasteiger partial charge on any atom is -0.463 e. The molecular weight excluding hydrogens is 470 g/mol. The maximum absolute atomic E-state index is 13.2. The van der Waals surface area contributed by atoms with E-state index < -0.39 is 12.0 Å². The lowest BCUT2D eigenvalue weighted by Crippen LogP contribution is -2.58. The first-order chi connectivity index (χ1) is 16.7. The van der Waals surface area contributed by atoms with Gasteiger partial charge in [0.2, 0.25) is 0 Å². The molecule has 0 saturated carbocycles. The van der Waals surface area contributed by atoms with E-state index in [-0.39, 0.29) is 30.8 Å². The van der Waals surface area contributed by atoms with E-state index in [1.165, 1.54) is 0 Å². The normalized spacial score (nSPS) is 21.3. The first kappa shape index (κ1) is 26.8. The van der Waals surface area contributed by atoms with Crippen molar-refractivity contribution in [2.45, 2.75) is 52.7 Å². The lowest BCUT2D eigenvalue weighted by Gasteiger charge is -2.43. The van der Waals surface area contributed by atoms with Crippen molar-refractivity contribution < 1.29 is 19.1 Å². The number of carbonyl (C=O) groups excluding carboxylic acids is 3. The Bertz CT molecular complexity index is 965. The average Bonchev–Trinajstić information content (AvgIpc) is 2.79. The molecule has 1 aromatic carbocycles. The van der Waals surface area contributed by atoms with Gasteiger partial charge in [0.05, 0.1) is 18.2 Å². The Labute approximate surface area is 212 Å². The van der Waals surface area contributed by atoms with E-state index in [4.69, 9.17) is 16.3 Å². The van der Waals surface area contributed by atoms with Crippen molar-refractivity contribution in [2.24, 2.45) is 0 Å². The van der Waals surface area contributed by atoms with E-state index in [9.17, 15) is 14.4 Å². The van der Waals surface area contributed by atoms with Crippen LogP contribution in [-0.2, 0) is 9.53 Å². The molecule has 2 aliphatic rings. The van der Waals surface area contributed by atoms with Crippen LogP contribution in [0.15, 0.2) is 35.5 Å². The first-order valence-corrected chi connectivity index (χ1v) is 12.6. The highest BCUT2D eigenvalue weighted by molar-refractivity contribution is 6.30. The Morgan fingerprint density at radius 1 is 1.20 bits per heavy atom. The third-order valence-electron chi connectivity index (χ3n) is 6.21. The summed E-state index contributed by atoms with van der Waals surface area (Å²) in [6, 6.07) is 6.14. The third kappa shape index (κ3) is 6.27. The summed E-state index contributed by atoms with van der Waals surface area (Å²) in [5, 5.41) is 6.49. The van der Waals surface area contributed by atoms with Gasteiger partial charge in [-0.15, -0.1) is 0 Å². The minimum absolute atomic E-state index is 0.0197. The van der Waals surface area contributed by atoms with E-state index in [1.807, 2.05) is 32.6 Å². The smallest absolute Gasteiger partial charge is 0.338 e. The van der Waals surface area contributed by atoms with Crippen molar-refractivity contribution in [1.82, 2.24) is 25.3 Å². The molecule has 0 spiro atoms. The van der Waals surface area contributed by atoms with Gasteiger partial charge in [-0.1, -0.05) is 23.7 Å². The number of esters is 1. The molecule has 2 aliphatic heterocycles. The van der Waals surface area contributed by atoms with Crippen molar-refractivity contribution in [3.8, 4) is 0 Å². The number of urea groups is 2. The summed E-state index contributed by atoms with van der Waals surface area (Å²) >= 11 is 6.07. The highest BCUT2D eigenvalue weighted by Crippen LogP contribution is 2.33. The molecule has 2 heterocycles. The molecule has 3 rings (SSSR count). The van der Waals surface area contributed by atoms with Crippen LogP contribution in [0.25, 0.3) is 0 Å². The number of ether oxygens (including phenoxy) is 1. The van der Waals surface area contributed by atoms with E-state index >= 15 is 0 Å². The maximum Gasteiger partial charge on any atom is 0.338 e. The number of carbonyl (C=O) groups is 3. The van der Waals surface area contributed by atoms with Crippen LogP contribution in [0.5, 0.6) is 0 Å². The molecule has 4 amide bonds. The van der Waals surface area contributed by atoms with Gasteiger partial charge < -0.3 is 20.3 Å². The number of hydrogen-bond acceptors (Lipinski definition) is 5. The Kier molecular flexibility index (Phi) is 9.02. The average molecular weight is 506 g/mol. The monoisotopic (exact) mass is 505 g/mol. The summed E-state index contributed by atoms with van der Waals surface area (Å²) in [4.78, 5) is 44.5. The molecule has 192 valence electrons. The second-order valence-corrected chi connectivity index (χ2v) is 9.58. The van der Waals surface area contributed by atoms with Crippen molar-refractivity contribution >= 4 is 29.6 Å². The highest BCUT2D eigenvalue weighted by atomic mass is 35.5. The van der Waals surface area contributed by atoms with Crippen LogP contribution in [0, 0.1) is 0 Å². The molecule has 1 saturated heterocycles. The molecule has 1 fully saturated rings. The van der Waals surface area contributed by atoms with E-state index in [0.29, 0.717) is 49.0 Å². The molecule has 0 aromatic heterocycles. The standard InChI is InChI=1S/C25H36ClN5O4/c1-6-30-20(15-29-12-13-31(17(5)14-29)24(33)27-16(3)4)21(23(32)35-7-2)22(28-25(30)34)18-8-10-19(26)11-9-18/h8-11,16-17,22H,6-7,12-15H2,1-5H3,(H,27,33)(H,28,34)/t17-,22-/m0/s1. The van der Waals surface area contributed by atoms with Crippen LogP contribution in [0.3, 0.4) is 0 Å². The van der Waals surface area contributed by atoms with Gasteiger partial charge >= 0.3 is 18.0 Å². The molecule has 0 bridgehead atoms. The fraction of sp³-hybridized carbons (Fsp3) is 0.560. The number of halogens is 1. The molecule has 0 unspecified atom stereocenters. The number of rotatable bonds is 7. The number of nitrogens with zero attached hydrogens (tertiary/aromatic N) is 3. The maximum atomic E-state index is 13.2. The molecule has 35 heavy (non-hydrogen) atoms. The van der Waals surface area contributed by atoms with Crippen LogP contribution in [0.4, 0.5) is 9.59 Å². The predicted octanol–water partition coefficient (Wildman–Crippen LogP) is 3.37. The highest BCUT2D eigenvalue weighted by Gasteiger charge is 2.39. The van der Waals surface area contributed by atoms with Gasteiger partial charge in [0.15, 0.2) is 0 Å². The first-order valence-electron chi connectivity index (χ1n) is 12.2. The lowest BCUT2D eigenvalue weighted by molar-refractivity contribution is -0.139.